The SMILES string of the molecule is CCOc1ccc(NC(CO)CCO)cc1Cl. The second kappa shape index (κ2) is 7.37. The summed E-state index contributed by atoms with van der Waals surface area (Å²) in [5.74, 6) is 0.641. The highest BCUT2D eigenvalue weighted by Crippen LogP contribution is 2.28. The average Bonchev–Trinajstić information content (AvgIpc) is 2.32. The number of benzene rings is 1. The predicted octanol–water partition coefficient (Wildman–Crippen LogP) is 1.89. The Morgan fingerprint density at radius 1 is 1.41 bits per heavy atom. The Hall–Kier alpha value is -0.970. The van der Waals surface area contributed by atoms with Crippen molar-refractivity contribution in [2.45, 2.75) is 19.4 Å². The molecule has 1 unspecified atom stereocenters. The van der Waals surface area contributed by atoms with Crippen molar-refractivity contribution in [2.24, 2.45) is 0 Å². The fourth-order valence-electron chi connectivity index (χ4n) is 1.46. The summed E-state index contributed by atoms with van der Waals surface area (Å²) in [6.45, 7) is 2.45. The first-order valence-electron chi connectivity index (χ1n) is 5.61. The number of halogens is 1. The molecule has 1 aromatic carbocycles. The third-order valence-corrected chi connectivity index (χ3v) is 2.60. The van der Waals surface area contributed by atoms with Gasteiger partial charge in [-0.3, -0.25) is 0 Å². The highest BCUT2D eigenvalue weighted by atomic mass is 35.5. The topological polar surface area (TPSA) is 61.7 Å². The van der Waals surface area contributed by atoms with Gasteiger partial charge in [-0.15, -0.1) is 0 Å². The molecule has 0 radical (unpaired) electrons. The van der Waals surface area contributed by atoms with Crippen LogP contribution in [0.2, 0.25) is 5.02 Å². The summed E-state index contributed by atoms with van der Waals surface area (Å²) in [5, 5.41) is 21.5. The Kier molecular flexibility index (Phi) is 6.11. The molecular formula is C12H18ClNO3. The zero-order valence-corrected chi connectivity index (χ0v) is 10.6. The third-order valence-electron chi connectivity index (χ3n) is 2.30. The fourth-order valence-corrected chi connectivity index (χ4v) is 1.70. The van der Waals surface area contributed by atoms with Crippen molar-refractivity contribution in [3.05, 3.63) is 23.2 Å². The standard InChI is InChI=1S/C12H18ClNO3/c1-2-17-12-4-3-9(7-11(12)13)14-10(8-16)5-6-15/h3-4,7,10,14-16H,2,5-6,8H2,1H3. The lowest BCUT2D eigenvalue weighted by Gasteiger charge is -2.17. The highest BCUT2D eigenvalue weighted by molar-refractivity contribution is 6.32. The minimum atomic E-state index is -0.172. The average molecular weight is 260 g/mol. The monoisotopic (exact) mass is 259 g/mol. The van der Waals surface area contributed by atoms with Crippen LogP contribution < -0.4 is 10.1 Å². The molecule has 96 valence electrons. The van der Waals surface area contributed by atoms with Gasteiger partial charge >= 0.3 is 0 Å². The van der Waals surface area contributed by atoms with Crippen LogP contribution in [0.5, 0.6) is 5.75 Å². The summed E-state index contributed by atoms with van der Waals surface area (Å²) in [6, 6.07) is 5.18. The van der Waals surface area contributed by atoms with Crippen LogP contribution in [0.3, 0.4) is 0 Å². The Bertz CT molecular complexity index is 347. The van der Waals surface area contributed by atoms with E-state index in [1.165, 1.54) is 0 Å². The van der Waals surface area contributed by atoms with E-state index in [9.17, 15) is 0 Å². The van der Waals surface area contributed by atoms with Crippen molar-refractivity contribution in [1.82, 2.24) is 0 Å². The van der Waals surface area contributed by atoms with E-state index in [1.807, 2.05) is 13.0 Å². The zero-order chi connectivity index (χ0) is 12.7. The van der Waals surface area contributed by atoms with Crippen molar-refractivity contribution >= 4 is 17.3 Å². The number of aliphatic hydroxyl groups is 2. The Morgan fingerprint density at radius 3 is 2.71 bits per heavy atom. The number of rotatable bonds is 7. The summed E-state index contributed by atoms with van der Waals surface area (Å²) in [5.41, 5.74) is 0.797. The van der Waals surface area contributed by atoms with Crippen molar-refractivity contribution in [2.75, 3.05) is 25.1 Å². The molecule has 1 rings (SSSR count). The van der Waals surface area contributed by atoms with Crippen LogP contribution >= 0.6 is 11.6 Å². The maximum absolute atomic E-state index is 9.10. The molecule has 3 N–H and O–H groups in total. The maximum Gasteiger partial charge on any atom is 0.138 e. The number of hydrogen-bond acceptors (Lipinski definition) is 4. The molecule has 0 heterocycles. The van der Waals surface area contributed by atoms with Gasteiger partial charge in [0.2, 0.25) is 0 Å². The summed E-state index contributed by atoms with van der Waals surface area (Å²) in [7, 11) is 0. The van der Waals surface area contributed by atoms with Gasteiger partial charge in [0.1, 0.15) is 5.75 Å². The van der Waals surface area contributed by atoms with Crippen LogP contribution in [0.25, 0.3) is 0 Å². The molecule has 0 aliphatic carbocycles. The van der Waals surface area contributed by atoms with Crippen molar-refractivity contribution in [1.29, 1.82) is 0 Å². The summed E-state index contributed by atoms with van der Waals surface area (Å²) < 4.78 is 5.32. The van der Waals surface area contributed by atoms with E-state index in [1.54, 1.807) is 12.1 Å². The molecule has 5 heteroatoms. The van der Waals surface area contributed by atoms with E-state index in [0.717, 1.165) is 5.69 Å². The van der Waals surface area contributed by atoms with Crippen molar-refractivity contribution in [3.8, 4) is 5.75 Å². The molecule has 0 spiro atoms. The first kappa shape index (κ1) is 14.1. The van der Waals surface area contributed by atoms with Gasteiger partial charge in [0.25, 0.3) is 0 Å². The lowest BCUT2D eigenvalue weighted by molar-refractivity contribution is 0.229. The Labute approximate surface area is 106 Å². The first-order valence-corrected chi connectivity index (χ1v) is 5.99. The first-order chi connectivity index (χ1) is 8.21. The number of ether oxygens (including phenoxy) is 1. The molecule has 0 aromatic heterocycles. The van der Waals surface area contributed by atoms with Gasteiger partial charge < -0.3 is 20.3 Å². The maximum atomic E-state index is 9.10. The lowest BCUT2D eigenvalue weighted by atomic mass is 10.2. The van der Waals surface area contributed by atoms with Gasteiger partial charge in [-0.05, 0) is 31.5 Å². The largest absolute Gasteiger partial charge is 0.492 e. The molecule has 0 aliphatic heterocycles. The molecule has 0 bridgehead atoms. The fraction of sp³-hybridized carbons (Fsp3) is 0.500. The predicted molar refractivity (Wildman–Crippen MR) is 68.8 cm³/mol. The van der Waals surface area contributed by atoms with E-state index in [4.69, 9.17) is 26.6 Å². The molecule has 0 fully saturated rings. The molecule has 4 nitrogen and oxygen atoms in total. The van der Waals surface area contributed by atoms with Crippen molar-refractivity contribution in [3.63, 3.8) is 0 Å². The van der Waals surface area contributed by atoms with Gasteiger partial charge in [-0.2, -0.15) is 0 Å². The number of hydrogen-bond donors (Lipinski definition) is 3. The van der Waals surface area contributed by atoms with Gasteiger partial charge in [0.05, 0.1) is 24.3 Å². The lowest BCUT2D eigenvalue weighted by Crippen LogP contribution is -2.24. The van der Waals surface area contributed by atoms with Crippen molar-refractivity contribution < 1.29 is 14.9 Å². The van der Waals surface area contributed by atoms with Gasteiger partial charge in [-0.1, -0.05) is 11.6 Å². The third kappa shape index (κ3) is 4.42. The summed E-state index contributed by atoms with van der Waals surface area (Å²) in [6.07, 6.45) is 0.487. The van der Waals surface area contributed by atoms with Gasteiger partial charge in [-0.25, -0.2) is 0 Å². The number of aliphatic hydroxyl groups excluding tert-OH is 2. The second-order valence-corrected chi connectivity index (χ2v) is 4.02. The summed E-state index contributed by atoms with van der Waals surface area (Å²) >= 11 is 6.03. The molecular weight excluding hydrogens is 242 g/mol. The molecule has 0 saturated carbocycles. The Balaban J connectivity index is 2.68. The minimum Gasteiger partial charge on any atom is -0.492 e. The van der Waals surface area contributed by atoms with Crippen LogP contribution in [0.4, 0.5) is 5.69 Å². The van der Waals surface area contributed by atoms with Crippen LogP contribution in [0, 0.1) is 0 Å². The van der Waals surface area contributed by atoms with E-state index in [2.05, 4.69) is 5.32 Å². The van der Waals surface area contributed by atoms with E-state index in [0.29, 0.717) is 23.8 Å². The van der Waals surface area contributed by atoms with E-state index >= 15 is 0 Å². The smallest absolute Gasteiger partial charge is 0.138 e. The second-order valence-electron chi connectivity index (χ2n) is 3.61. The minimum absolute atomic E-state index is 0.0307. The molecule has 0 aliphatic rings. The van der Waals surface area contributed by atoms with Gasteiger partial charge in [0, 0.05) is 12.3 Å². The van der Waals surface area contributed by atoms with Crippen LogP contribution in [0.15, 0.2) is 18.2 Å². The zero-order valence-electron chi connectivity index (χ0n) is 9.82. The molecule has 0 saturated heterocycles. The highest BCUT2D eigenvalue weighted by Gasteiger charge is 2.08. The molecule has 1 aromatic rings. The van der Waals surface area contributed by atoms with Gasteiger partial charge in [0.15, 0.2) is 0 Å². The number of anilines is 1. The van der Waals surface area contributed by atoms with E-state index in [-0.39, 0.29) is 19.3 Å². The number of nitrogens with one attached hydrogen (secondary N) is 1. The normalized spacial score (nSPS) is 12.2. The quantitative estimate of drug-likeness (QED) is 0.700. The van der Waals surface area contributed by atoms with Crippen LogP contribution in [0.1, 0.15) is 13.3 Å². The summed E-state index contributed by atoms with van der Waals surface area (Å²) in [4.78, 5) is 0. The Morgan fingerprint density at radius 2 is 2.18 bits per heavy atom. The van der Waals surface area contributed by atoms with E-state index < -0.39 is 0 Å². The molecule has 1 atom stereocenters. The van der Waals surface area contributed by atoms with Crippen LogP contribution in [-0.2, 0) is 0 Å². The molecule has 0 amide bonds. The van der Waals surface area contributed by atoms with Crippen LogP contribution in [-0.4, -0.2) is 36.1 Å². The molecule has 17 heavy (non-hydrogen) atoms.